The Bertz CT molecular complexity index is 1090. The zero-order chi connectivity index (χ0) is 19.5. The van der Waals surface area contributed by atoms with Crippen LogP contribution in [-0.2, 0) is 19.3 Å². The number of amides is 1. The van der Waals surface area contributed by atoms with Gasteiger partial charge in [-0.2, -0.15) is 0 Å². The van der Waals surface area contributed by atoms with E-state index < -0.39 is 0 Å². The molecule has 2 aromatic heterocycles. The molecule has 0 spiro atoms. The number of aryl methyl sites for hydroxylation is 4. The molecule has 1 amide bonds. The van der Waals surface area contributed by atoms with Crippen LogP contribution in [0.15, 0.2) is 53.1 Å². The van der Waals surface area contributed by atoms with Crippen LogP contribution in [0, 0.1) is 6.92 Å². The van der Waals surface area contributed by atoms with Gasteiger partial charge in [0.25, 0.3) is 5.91 Å². The van der Waals surface area contributed by atoms with E-state index in [1.165, 1.54) is 0 Å². The normalized spacial score (nSPS) is 11.1. The Balaban J connectivity index is 1.45. The molecule has 28 heavy (non-hydrogen) atoms. The van der Waals surface area contributed by atoms with Gasteiger partial charge in [-0.05, 0) is 43.2 Å². The lowest BCUT2D eigenvalue weighted by atomic mass is 10.1. The van der Waals surface area contributed by atoms with Gasteiger partial charge in [0, 0.05) is 18.5 Å². The lowest BCUT2D eigenvalue weighted by molar-refractivity contribution is 0.102. The molecule has 0 atom stereocenters. The predicted molar refractivity (Wildman–Crippen MR) is 109 cm³/mol. The number of fused-ring (bicyclic) bond motifs is 1. The largest absolute Gasteiger partial charge is 0.360 e. The highest BCUT2D eigenvalue weighted by molar-refractivity contribution is 6.05. The summed E-state index contributed by atoms with van der Waals surface area (Å²) in [7, 11) is 0. The number of nitrogens with zero attached hydrogens (tertiary/aromatic N) is 2. The first-order chi connectivity index (χ1) is 13.6. The number of nitrogens with one attached hydrogen (secondary N) is 2. The summed E-state index contributed by atoms with van der Waals surface area (Å²) >= 11 is 0. The third-order valence-electron chi connectivity index (χ3n) is 4.76. The maximum Gasteiger partial charge on any atom is 0.261 e. The second kappa shape index (κ2) is 7.68. The quantitative estimate of drug-likeness (QED) is 0.522. The van der Waals surface area contributed by atoms with Crippen LogP contribution in [0.5, 0.6) is 0 Å². The molecule has 4 rings (SSSR count). The molecule has 0 radical (unpaired) electrons. The number of carbonyl (C=O) groups is 1. The zero-order valence-electron chi connectivity index (χ0n) is 16.0. The van der Waals surface area contributed by atoms with E-state index in [9.17, 15) is 4.79 Å². The van der Waals surface area contributed by atoms with Gasteiger partial charge in [-0.1, -0.05) is 36.3 Å². The topological polar surface area (TPSA) is 83.8 Å². The van der Waals surface area contributed by atoms with Crippen LogP contribution in [0.25, 0.3) is 11.0 Å². The van der Waals surface area contributed by atoms with E-state index in [4.69, 9.17) is 4.52 Å². The summed E-state index contributed by atoms with van der Waals surface area (Å²) in [6.45, 7) is 3.72. The summed E-state index contributed by atoms with van der Waals surface area (Å²) in [6.07, 6.45) is 2.26. The number of anilines is 1. The fourth-order valence-electron chi connectivity index (χ4n) is 3.33. The number of hydrogen-bond acceptors (Lipinski definition) is 4. The van der Waals surface area contributed by atoms with Crippen molar-refractivity contribution in [1.29, 1.82) is 0 Å². The number of rotatable bonds is 6. The molecule has 2 N–H and O–H groups in total. The maximum absolute atomic E-state index is 12.6. The van der Waals surface area contributed by atoms with Crippen molar-refractivity contribution >= 4 is 22.6 Å². The van der Waals surface area contributed by atoms with Gasteiger partial charge >= 0.3 is 0 Å². The van der Waals surface area contributed by atoms with Gasteiger partial charge in [-0.15, -0.1) is 0 Å². The second-order valence-corrected chi connectivity index (χ2v) is 6.77. The number of carbonyl (C=O) groups excluding carboxylic acids is 1. The molecule has 0 unspecified atom stereocenters. The Morgan fingerprint density at radius 2 is 2.00 bits per heavy atom. The van der Waals surface area contributed by atoms with Crippen molar-refractivity contribution in [3.63, 3.8) is 0 Å². The van der Waals surface area contributed by atoms with Gasteiger partial charge in [0.15, 0.2) is 0 Å². The van der Waals surface area contributed by atoms with Crippen molar-refractivity contribution in [3.05, 3.63) is 76.9 Å². The van der Waals surface area contributed by atoms with Gasteiger partial charge in [-0.25, -0.2) is 4.98 Å². The number of aromatic amines is 1. The fourth-order valence-corrected chi connectivity index (χ4v) is 3.33. The highest BCUT2D eigenvalue weighted by atomic mass is 16.5. The summed E-state index contributed by atoms with van der Waals surface area (Å²) < 4.78 is 5.22. The van der Waals surface area contributed by atoms with Crippen LogP contribution in [0.3, 0.4) is 0 Å². The number of aromatic nitrogens is 3. The molecule has 0 bridgehead atoms. The van der Waals surface area contributed by atoms with Crippen molar-refractivity contribution in [2.45, 2.75) is 33.1 Å². The summed E-state index contributed by atoms with van der Waals surface area (Å²) in [5, 5.41) is 6.86. The molecular weight excluding hydrogens is 352 g/mol. The molecule has 0 aliphatic rings. The third-order valence-corrected chi connectivity index (χ3v) is 4.76. The van der Waals surface area contributed by atoms with Gasteiger partial charge in [-0.3, -0.25) is 4.79 Å². The average Bonchev–Trinajstić information content (AvgIpc) is 3.29. The Morgan fingerprint density at radius 1 is 1.14 bits per heavy atom. The molecule has 142 valence electrons. The van der Waals surface area contributed by atoms with Crippen LogP contribution < -0.4 is 5.32 Å². The molecular formula is C22H22N4O2. The Kier molecular flexibility index (Phi) is 4.93. The van der Waals surface area contributed by atoms with E-state index >= 15 is 0 Å². The third kappa shape index (κ3) is 3.67. The highest BCUT2D eigenvalue weighted by Crippen LogP contribution is 2.19. The summed E-state index contributed by atoms with van der Waals surface area (Å²) in [5.74, 6) is 1.38. The van der Waals surface area contributed by atoms with Crippen molar-refractivity contribution < 1.29 is 9.32 Å². The van der Waals surface area contributed by atoms with Crippen LogP contribution in [0.2, 0.25) is 0 Å². The first-order valence-corrected chi connectivity index (χ1v) is 9.43. The Labute approximate surface area is 163 Å². The fraction of sp³-hybridized carbons (Fsp3) is 0.227. The van der Waals surface area contributed by atoms with E-state index in [2.05, 4.69) is 26.5 Å². The van der Waals surface area contributed by atoms with Crippen LogP contribution >= 0.6 is 0 Å². The number of benzene rings is 2. The molecule has 6 nitrogen and oxygen atoms in total. The maximum atomic E-state index is 12.6. The Hall–Kier alpha value is -3.41. The lowest BCUT2D eigenvalue weighted by Crippen LogP contribution is -2.14. The Morgan fingerprint density at radius 3 is 2.82 bits per heavy atom. The monoisotopic (exact) mass is 374 g/mol. The lowest BCUT2D eigenvalue weighted by Gasteiger charge is -2.07. The molecule has 4 aromatic rings. The second-order valence-electron chi connectivity index (χ2n) is 6.77. The van der Waals surface area contributed by atoms with E-state index in [1.807, 2.05) is 49.4 Å². The number of H-pyrrole nitrogens is 1. The zero-order valence-corrected chi connectivity index (χ0v) is 16.0. The molecule has 0 aliphatic heterocycles. The van der Waals surface area contributed by atoms with E-state index in [-0.39, 0.29) is 5.91 Å². The summed E-state index contributed by atoms with van der Waals surface area (Å²) in [4.78, 5) is 20.6. The first-order valence-electron chi connectivity index (χ1n) is 9.43. The van der Waals surface area contributed by atoms with E-state index in [0.717, 1.165) is 41.0 Å². The summed E-state index contributed by atoms with van der Waals surface area (Å²) in [6, 6.07) is 15.9. The molecule has 6 heteroatoms. The number of hydrogen-bond donors (Lipinski definition) is 2. The minimum Gasteiger partial charge on any atom is -0.360 e. The van der Waals surface area contributed by atoms with Crippen molar-refractivity contribution in [2.24, 2.45) is 0 Å². The van der Waals surface area contributed by atoms with E-state index in [0.29, 0.717) is 23.4 Å². The highest BCUT2D eigenvalue weighted by Gasteiger charge is 2.19. The first kappa shape index (κ1) is 18.0. The van der Waals surface area contributed by atoms with Crippen LogP contribution in [-0.4, -0.2) is 21.0 Å². The molecule has 0 saturated heterocycles. The molecule has 2 heterocycles. The number of imidazole rings is 1. The van der Waals surface area contributed by atoms with Gasteiger partial charge in [0.2, 0.25) is 0 Å². The average molecular weight is 374 g/mol. The molecule has 0 saturated carbocycles. The van der Waals surface area contributed by atoms with Crippen molar-refractivity contribution in [1.82, 2.24) is 15.1 Å². The minimum atomic E-state index is -0.190. The molecule has 0 aliphatic carbocycles. The van der Waals surface area contributed by atoms with Gasteiger partial charge in [0.1, 0.15) is 17.1 Å². The van der Waals surface area contributed by atoms with Crippen molar-refractivity contribution in [2.75, 3.05) is 5.32 Å². The minimum absolute atomic E-state index is 0.190. The van der Waals surface area contributed by atoms with Gasteiger partial charge < -0.3 is 14.8 Å². The SMILES string of the molecule is CCc1onc(C)c1C(=O)Nc1cccc(CCc2nc3ccccc3[nH]2)c1. The van der Waals surface area contributed by atoms with E-state index in [1.54, 1.807) is 6.92 Å². The summed E-state index contributed by atoms with van der Waals surface area (Å²) in [5.41, 5.74) is 5.06. The molecule has 2 aromatic carbocycles. The molecule has 0 fully saturated rings. The smallest absolute Gasteiger partial charge is 0.261 e. The predicted octanol–water partition coefficient (Wildman–Crippen LogP) is 4.46. The van der Waals surface area contributed by atoms with Crippen LogP contribution in [0.4, 0.5) is 5.69 Å². The standard InChI is InChI=1S/C22H22N4O2/c1-3-19-21(14(2)26-28-19)22(27)23-16-8-6-7-15(13-16)11-12-20-24-17-9-4-5-10-18(17)25-20/h4-10,13H,3,11-12H2,1-2H3,(H,23,27)(H,24,25). The van der Waals surface area contributed by atoms with Crippen LogP contribution in [0.1, 0.15) is 40.1 Å². The number of para-hydroxylation sites is 2. The van der Waals surface area contributed by atoms with Crippen molar-refractivity contribution in [3.8, 4) is 0 Å². The van der Waals surface area contributed by atoms with Gasteiger partial charge in [0.05, 0.1) is 16.7 Å².